The molecule has 90 valence electrons. The van der Waals surface area contributed by atoms with E-state index in [1.807, 2.05) is 0 Å². The van der Waals surface area contributed by atoms with Crippen LogP contribution < -0.4 is 0 Å². The van der Waals surface area contributed by atoms with Gasteiger partial charge in [-0.1, -0.05) is 25.5 Å². The first-order valence-corrected chi connectivity index (χ1v) is 6.44. The number of carbonyl (C=O) groups is 1. The smallest absolute Gasteiger partial charge is 0.302 e. The second-order valence-corrected chi connectivity index (χ2v) is 5.38. The molecule has 0 unspecified atom stereocenters. The van der Waals surface area contributed by atoms with Gasteiger partial charge < -0.3 is 4.74 Å². The van der Waals surface area contributed by atoms with E-state index in [-0.39, 0.29) is 12.1 Å². The molecule has 0 amide bonds. The lowest BCUT2D eigenvalue weighted by molar-refractivity contribution is -0.153. The molecule has 0 radical (unpaired) electrons. The molecule has 0 aromatic carbocycles. The Bertz CT molecular complexity index is 319. The highest BCUT2D eigenvalue weighted by Crippen LogP contribution is 2.54. The van der Waals surface area contributed by atoms with Crippen LogP contribution in [0.25, 0.3) is 0 Å². The number of hydrogen-bond acceptors (Lipinski definition) is 2. The van der Waals surface area contributed by atoms with E-state index >= 15 is 0 Å². The molecule has 0 N–H and O–H groups in total. The minimum atomic E-state index is -0.126. The van der Waals surface area contributed by atoms with Crippen molar-refractivity contribution in [3.8, 4) is 0 Å². The zero-order valence-electron chi connectivity index (χ0n) is 10.6. The Morgan fingerprint density at radius 2 is 2.38 bits per heavy atom. The summed E-state index contributed by atoms with van der Waals surface area (Å²) in [7, 11) is 0. The Balaban J connectivity index is 2.16. The molecule has 2 heteroatoms. The quantitative estimate of drug-likeness (QED) is 0.528. The van der Waals surface area contributed by atoms with Crippen LogP contribution >= 0.6 is 0 Å². The fourth-order valence-electron chi connectivity index (χ4n) is 3.68. The van der Waals surface area contributed by atoms with E-state index < -0.39 is 0 Å². The lowest BCUT2D eigenvalue weighted by atomic mass is 9.65. The van der Waals surface area contributed by atoms with Crippen LogP contribution in [0.2, 0.25) is 0 Å². The van der Waals surface area contributed by atoms with Gasteiger partial charge in [-0.2, -0.15) is 0 Å². The normalized spacial score (nSPS) is 37.8. The Kier molecular flexibility index (Phi) is 3.09. The number of fused-ring (bicyclic) bond motifs is 1. The SMILES string of the molecule is CCC1=CC[C@H]2[C@@H](OC(C)=O)CCC[C@]12C. The summed E-state index contributed by atoms with van der Waals surface area (Å²) in [4.78, 5) is 11.1. The van der Waals surface area contributed by atoms with E-state index in [9.17, 15) is 4.79 Å². The van der Waals surface area contributed by atoms with E-state index in [2.05, 4.69) is 19.9 Å². The van der Waals surface area contributed by atoms with Crippen LogP contribution in [0.1, 0.15) is 52.9 Å². The molecule has 2 aliphatic rings. The molecule has 1 fully saturated rings. The van der Waals surface area contributed by atoms with Gasteiger partial charge in [0.15, 0.2) is 0 Å². The van der Waals surface area contributed by atoms with E-state index in [0.29, 0.717) is 11.3 Å². The van der Waals surface area contributed by atoms with Crippen molar-refractivity contribution in [1.82, 2.24) is 0 Å². The monoisotopic (exact) mass is 222 g/mol. The van der Waals surface area contributed by atoms with Gasteiger partial charge in [-0.15, -0.1) is 0 Å². The second kappa shape index (κ2) is 4.23. The van der Waals surface area contributed by atoms with Gasteiger partial charge >= 0.3 is 5.97 Å². The number of ether oxygens (including phenoxy) is 1. The van der Waals surface area contributed by atoms with Gasteiger partial charge in [0.05, 0.1) is 0 Å². The summed E-state index contributed by atoms with van der Waals surface area (Å²) in [5.41, 5.74) is 1.88. The molecule has 1 saturated carbocycles. The standard InChI is InChI=1S/C14H22O2/c1-4-11-7-8-12-13(16-10(2)15)6-5-9-14(11,12)3/h7,12-13H,4-6,8-9H2,1-3H3/t12-,13-,14+/m0/s1. The molecule has 16 heavy (non-hydrogen) atoms. The maximum atomic E-state index is 11.1. The van der Waals surface area contributed by atoms with Gasteiger partial charge in [-0.05, 0) is 37.5 Å². The number of rotatable bonds is 2. The number of hydrogen-bond donors (Lipinski definition) is 0. The van der Waals surface area contributed by atoms with Crippen molar-refractivity contribution in [2.45, 2.75) is 59.0 Å². The molecular weight excluding hydrogens is 200 g/mol. The van der Waals surface area contributed by atoms with Crippen molar-refractivity contribution in [3.05, 3.63) is 11.6 Å². The van der Waals surface area contributed by atoms with Crippen LogP contribution in [0, 0.1) is 11.3 Å². The summed E-state index contributed by atoms with van der Waals surface area (Å²) in [6.07, 6.45) is 8.25. The predicted octanol–water partition coefficient (Wildman–Crippen LogP) is 3.46. The van der Waals surface area contributed by atoms with E-state index in [4.69, 9.17) is 4.74 Å². The van der Waals surface area contributed by atoms with E-state index in [1.165, 1.54) is 19.8 Å². The summed E-state index contributed by atoms with van der Waals surface area (Å²) in [5, 5.41) is 0. The summed E-state index contributed by atoms with van der Waals surface area (Å²) in [6.45, 7) is 6.11. The maximum Gasteiger partial charge on any atom is 0.302 e. The average molecular weight is 222 g/mol. The summed E-state index contributed by atoms with van der Waals surface area (Å²) in [5.74, 6) is 0.402. The van der Waals surface area contributed by atoms with Gasteiger partial charge in [0, 0.05) is 12.8 Å². The van der Waals surface area contributed by atoms with Gasteiger partial charge in [0.25, 0.3) is 0 Å². The molecule has 2 nitrogen and oxygen atoms in total. The van der Waals surface area contributed by atoms with Crippen molar-refractivity contribution in [1.29, 1.82) is 0 Å². The fraction of sp³-hybridized carbons (Fsp3) is 0.786. The Hall–Kier alpha value is -0.790. The molecule has 0 aliphatic heterocycles. The van der Waals surface area contributed by atoms with Crippen LogP contribution in [0.15, 0.2) is 11.6 Å². The van der Waals surface area contributed by atoms with Crippen LogP contribution in [0.4, 0.5) is 0 Å². The lowest BCUT2D eigenvalue weighted by Gasteiger charge is -2.43. The molecule has 2 rings (SSSR count). The highest BCUT2D eigenvalue weighted by molar-refractivity contribution is 5.66. The fourth-order valence-corrected chi connectivity index (χ4v) is 3.68. The highest BCUT2D eigenvalue weighted by Gasteiger charge is 2.47. The van der Waals surface area contributed by atoms with Crippen LogP contribution in [0.5, 0.6) is 0 Å². The molecule has 0 spiro atoms. The zero-order chi connectivity index (χ0) is 11.8. The summed E-state index contributed by atoms with van der Waals surface area (Å²) < 4.78 is 5.49. The number of allylic oxidation sites excluding steroid dienone is 2. The first kappa shape index (κ1) is 11.7. The largest absolute Gasteiger partial charge is 0.462 e. The van der Waals surface area contributed by atoms with Crippen LogP contribution in [-0.2, 0) is 9.53 Å². The number of esters is 1. The molecule has 0 heterocycles. The average Bonchev–Trinajstić information content (AvgIpc) is 2.54. The third kappa shape index (κ3) is 1.79. The minimum Gasteiger partial charge on any atom is -0.462 e. The maximum absolute atomic E-state index is 11.1. The topological polar surface area (TPSA) is 26.3 Å². The van der Waals surface area contributed by atoms with Crippen molar-refractivity contribution < 1.29 is 9.53 Å². The third-order valence-electron chi connectivity index (χ3n) is 4.50. The Labute approximate surface area is 98.1 Å². The van der Waals surface area contributed by atoms with Crippen molar-refractivity contribution >= 4 is 5.97 Å². The van der Waals surface area contributed by atoms with Gasteiger partial charge in [0.1, 0.15) is 6.10 Å². The first-order valence-electron chi connectivity index (χ1n) is 6.44. The molecule has 2 aliphatic carbocycles. The predicted molar refractivity (Wildman–Crippen MR) is 64.0 cm³/mol. The van der Waals surface area contributed by atoms with Crippen molar-refractivity contribution in [2.24, 2.45) is 11.3 Å². The van der Waals surface area contributed by atoms with Crippen LogP contribution in [0.3, 0.4) is 0 Å². The van der Waals surface area contributed by atoms with Gasteiger partial charge in [0.2, 0.25) is 0 Å². The molecule has 0 aromatic heterocycles. The van der Waals surface area contributed by atoms with Gasteiger partial charge in [-0.25, -0.2) is 0 Å². The third-order valence-corrected chi connectivity index (χ3v) is 4.50. The summed E-state index contributed by atoms with van der Waals surface area (Å²) >= 11 is 0. The molecule has 3 atom stereocenters. The number of carbonyl (C=O) groups excluding carboxylic acids is 1. The summed E-state index contributed by atoms with van der Waals surface area (Å²) in [6, 6.07) is 0. The second-order valence-electron chi connectivity index (χ2n) is 5.38. The van der Waals surface area contributed by atoms with Crippen molar-refractivity contribution in [2.75, 3.05) is 0 Å². The molecule has 0 saturated heterocycles. The van der Waals surface area contributed by atoms with E-state index in [1.54, 1.807) is 5.57 Å². The molecule has 0 aromatic rings. The Morgan fingerprint density at radius 3 is 3.00 bits per heavy atom. The first-order chi connectivity index (χ1) is 7.58. The van der Waals surface area contributed by atoms with E-state index in [0.717, 1.165) is 19.3 Å². The molecule has 0 bridgehead atoms. The Morgan fingerprint density at radius 1 is 1.62 bits per heavy atom. The highest BCUT2D eigenvalue weighted by atomic mass is 16.5. The zero-order valence-corrected chi connectivity index (χ0v) is 10.6. The van der Waals surface area contributed by atoms with Crippen molar-refractivity contribution in [3.63, 3.8) is 0 Å². The molecular formula is C14H22O2. The van der Waals surface area contributed by atoms with Crippen LogP contribution in [-0.4, -0.2) is 12.1 Å². The van der Waals surface area contributed by atoms with Gasteiger partial charge in [-0.3, -0.25) is 4.79 Å². The lowest BCUT2D eigenvalue weighted by Crippen LogP contribution is -2.40. The minimum absolute atomic E-state index is 0.126.